The average Bonchev–Trinajstić information content (AvgIpc) is 4.04. The molecule has 11 nitrogen and oxygen atoms in total. The van der Waals surface area contributed by atoms with Crippen LogP contribution in [0.3, 0.4) is 0 Å². The van der Waals surface area contributed by atoms with Crippen LogP contribution in [-0.4, -0.2) is 68.0 Å². The standard InChI is InChI=1S/C27H37N3O2.C26H36N4O2/c1-26(32)13-11-18-17(15-26)7-8-20-19(18)12-14-27(2)21(20)9-10-22(27)25(31)16-30-28-23-5-3-4-6-24(23)29-30;1-25(32)11-9-17-16(14-25)5-6-19-18(17)10-12-26(2)20(19)7-8-21(26)23(31)15-30-28-22-4-3-13-27-24(22)29-30/h3-6,17-22,32H,7-16H2,1-2H3;3-4,13,16-21,32H,5-12,14-15H2,1-2H3/t17-,18+,19-,20-,21+,22-,26-,27+;16-,17+,18-,19-,20+,21-,25-,26+/m11/s1. The Balaban J connectivity index is 0.000000143. The molecule has 16 atom stereocenters. The first-order chi connectivity index (χ1) is 30.7. The summed E-state index contributed by atoms with van der Waals surface area (Å²) in [6, 6.07) is 11.6. The Morgan fingerprint density at radius 3 is 1.48 bits per heavy atom. The summed E-state index contributed by atoms with van der Waals surface area (Å²) in [4.78, 5) is 34.4. The number of benzene rings is 1. The molecule has 3 heterocycles. The number of nitrogens with zero attached hydrogens (tertiary/aromatic N) is 7. The summed E-state index contributed by atoms with van der Waals surface area (Å²) in [7, 11) is 0. The number of hydrogen-bond donors (Lipinski definition) is 2. The van der Waals surface area contributed by atoms with Crippen LogP contribution < -0.4 is 0 Å². The maximum Gasteiger partial charge on any atom is 0.201 e. The van der Waals surface area contributed by atoms with Gasteiger partial charge in [-0.1, -0.05) is 26.0 Å². The Kier molecular flexibility index (Phi) is 10.8. The van der Waals surface area contributed by atoms with Gasteiger partial charge in [0.25, 0.3) is 0 Å². The summed E-state index contributed by atoms with van der Waals surface area (Å²) in [5, 5.41) is 39.2. The van der Waals surface area contributed by atoms with Crippen LogP contribution in [0.25, 0.3) is 22.2 Å². The predicted octanol–water partition coefficient (Wildman–Crippen LogP) is 9.44. The maximum absolute atomic E-state index is 13.5. The van der Waals surface area contributed by atoms with Gasteiger partial charge in [0.1, 0.15) is 29.6 Å². The lowest BCUT2D eigenvalue weighted by Crippen LogP contribution is -2.51. The Hall–Kier alpha value is -3.57. The fourth-order valence-corrected chi connectivity index (χ4v) is 17.6. The normalized spacial score (nSPS) is 43.5. The van der Waals surface area contributed by atoms with Crippen molar-refractivity contribution >= 4 is 33.8 Å². The van der Waals surface area contributed by atoms with Crippen molar-refractivity contribution < 1.29 is 19.8 Å². The third-order valence-corrected chi connectivity index (χ3v) is 20.4. The Morgan fingerprint density at radius 2 is 0.984 bits per heavy atom. The number of carbonyl (C=O) groups excluding carboxylic acids is 2. The van der Waals surface area contributed by atoms with Crippen molar-refractivity contribution in [1.82, 2.24) is 35.0 Å². The van der Waals surface area contributed by atoms with E-state index >= 15 is 0 Å². The predicted molar refractivity (Wildman–Crippen MR) is 245 cm³/mol. The van der Waals surface area contributed by atoms with E-state index in [0.717, 1.165) is 90.6 Å². The number of Topliss-reactive ketones (excluding diaryl/α,β-unsaturated/α-hetero) is 2. The SMILES string of the molecule is C[C@@]1(O)CC[C@H]2[C@H](CC[C@@H]3[C@@H]2CC[C@]2(C)[C@@H](C(=O)Cn4nc5ccccc5n4)CC[C@@H]32)C1.C[C@@]1(O)CC[C@H]2[C@H](CC[C@@H]3[C@@H]2CC[C@]2(C)[C@@H](C(=O)Cn4nc5cccnc5n4)CC[C@@H]32)C1. The second kappa shape index (κ2) is 16.1. The molecule has 0 spiro atoms. The molecule has 0 unspecified atom stereocenters. The highest BCUT2D eigenvalue weighted by molar-refractivity contribution is 5.83. The molecular formula is C53H73N7O4. The molecule has 1 aromatic carbocycles. The van der Waals surface area contributed by atoms with Crippen LogP contribution in [0.1, 0.15) is 143 Å². The minimum Gasteiger partial charge on any atom is -0.390 e. The van der Waals surface area contributed by atoms with Gasteiger partial charge in [0.2, 0.25) is 5.65 Å². The molecule has 8 saturated carbocycles. The number of pyridine rings is 1. The molecule has 0 aliphatic heterocycles. The Labute approximate surface area is 379 Å². The van der Waals surface area contributed by atoms with E-state index in [1.165, 1.54) is 77.0 Å². The average molecular weight is 872 g/mol. The molecule has 0 amide bonds. The molecule has 64 heavy (non-hydrogen) atoms. The van der Waals surface area contributed by atoms with Crippen molar-refractivity contribution in [3.63, 3.8) is 0 Å². The lowest BCUT2D eigenvalue weighted by Gasteiger charge is -2.56. The van der Waals surface area contributed by atoms with Gasteiger partial charge in [0, 0.05) is 18.0 Å². The number of carbonyl (C=O) groups is 2. The van der Waals surface area contributed by atoms with E-state index in [4.69, 9.17) is 0 Å². The van der Waals surface area contributed by atoms with Crippen molar-refractivity contribution in [3.8, 4) is 0 Å². The van der Waals surface area contributed by atoms with Crippen LogP contribution >= 0.6 is 0 Å². The highest BCUT2D eigenvalue weighted by atomic mass is 16.3. The van der Waals surface area contributed by atoms with Gasteiger partial charge in [-0.2, -0.15) is 24.9 Å². The fourth-order valence-electron chi connectivity index (χ4n) is 17.6. The van der Waals surface area contributed by atoms with Crippen LogP contribution in [0.5, 0.6) is 0 Å². The van der Waals surface area contributed by atoms with Crippen LogP contribution in [0.15, 0.2) is 42.6 Å². The number of rotatable bonds is 6. The van der Waals surface area contributed by atoms with Crippen LogP contribution in [-0.2, 0) is 22.7 Å². The molecular weight excluding hydrogens is 799 g/mol. The van der Waals surface area contributed by atoms with Gasteiger partial charge in [0.15, 0.2) is 11.6 Å². The number of hydrogen-bond acceptors (Lipinski definition) is 9. The molecule has 8 aliphatic rings. The summed E-state index contributed by atoms with van der Waals surface area (Å²) in [6.45, 7) is 9.47. The van der Waals surface area contributed by atoms with Crippen molar-refractivity contribution in [2.24, 2.45) is 81.8 Å². The molecule has 3 aromatic heterocycles. The van der Waals surface area contributed by atoms with Crippen molar-refractivity contribution in [3.05, 3.63) is 42.6 Å². The molecule has 0 radical (unpaired) electrons. The summed E-state index contributed by atoms with van der Waals surface area (Å²) < 4.78 is 0. The summed E-state index contributed by atoms with van der Waals surface area (Å²) >= 11 is 0. The molecule has 0 saturated heterocycles. The van der Waals surface area contributed by atoms with Gasteiger partial charge >= 0.3 is 0 Å². The van der Waals surface area contributed by atoms with Crippen molar-refractivity contribution in [2.45, 2.75) is 168 Å². The minimum atomic E-state index is -0.455. The lowest BCUT2D eigenvalue weighted by molar-refractivity contribution is -0.133. The topological polar surface area (TPSA) is 149 Å². The van der Waals surface area contributed by atoms with Gasteiger partial charge in [0.05, 0.1) is 11.2 Å². The molecule has 8 aliphatic carbocycles. The van der Waals surface area contributed by atoms with E-state index in [0.29, 0.717) is 47.4 Å². The summed E-state index contributed by atoms with van der Waals surface area (Å²) in [6.07, 6.45) is 22.5. The quantitative estimate of drug-likeness (QED) is 0.193. The number of fused-ring (bicyclic) bond motifs is 12. The summed E-state index contributed by atoms with van der Waals surface area (Å²) in [5.41, 5.74) is 2.43. The highest BCUT2D eigenvalue weighted by Gasteiger charge is 2.60. The molecule has 0 bridgehead atoms. The highest BCUT2D eigenvalue weighted by Crippen LogP contribution is 2.66. The summed E-state index contributed by atoms with van der Waals surface area (Å²) in [5.74, 6) is 8.44. The van der Waals surface area contributed by atoms with Gasteiger partial charge in [-0.15, -0.1) is 5.10 Å². The van der Waals surface area contributed by atoms with Gasteiger partial charge in [-0.3, -0.25) is 9.59 Å². The van der Waals surface area contributed by atoms with Crippen LogP contribution in [0.4, 0.5) is 0 Å². The molecule has 4 aromatic rings. The van der Waals surface area contributed by atoms with E-state index < -0.39 is 11.2 Å². The number of aliphatic hydroxyl groups is 2. The minimum absolute atomic E-state index is 0.121. The third kappa shape index (κ3) is 7.49. The smallest absolute Gasteiger partial charge is 0.201 e. The Bertz CT molecular complexity index is 2160. The van der Waals surface area contributed by atoms with E-state index in [1.807, 2.05) is 50.2 Å². The third-order valence-electron chi connectivity index (χ3n) is 20.4. The molecule has 2 N–H and O–H groups in total. The fraction of sp³-hybridized carbons (Fsp3) is 0.755. The zero-order valence-electron chi connectivity index (χ0n) is 39.0. The zero-order valence-corrected chi connectivity index (χ0v) is 39.0. The second-order valence-electron chi connectivity index (χ2n) is 23.9. The molecule has 11 heteroatoms. The first kappa shape index (κ1) is 43.0. The van der Waals surface area contributed by atoms with Gasteiger partial charge < -0.3 is 10.2 Å². The maximum atomic E-state index is 13.5. The molecule has 344 valence electrons. The first-order valence-corrected chi connectivity index (χ1v) is 25.6. The Morgan fingerprint density at radius 1 is 0.531 bits per heavy atom. The van der Waals surface area contributed by atoms with Crippen molar-refractivity contribution in [1.29, 1.82) is 0 Å². The van der Waals surface area contributed by atoms with Gasteiger partial charge in [-0.25, -0.2) is 4.98 Å². The van der Waals surface area contributed by atoms with Gasteiger partial charge in [-0.05, 0) is 224 Å². The first-order valence-electron chi connectivity index (χ1n) is 25.6. The van der Waals surface area contributed by atoms with Crippen LogP contribution in [0, 0.1) is 81.8 Å². The number of aromatic nitrogens is 7. The monoisotopic (exact) mass is 872 g/mol. The van der Waals surface area contributed by atoms with E-state index in [-0.39, 0.29) is 29.2 Å². The molecule has 8 fully saturated rings. The zero-order chi connectivity index (χ0) is 44.2. The number of ketones is 2. The molecule has 12 rings (SSSR count). The largest absolute Gasteiger partial charge is 0.390 e. The van der Waals surface area contributed by atoms with E-state index in [9.17, 15) is 19.8 Å². The van der Waals surface area contributed by atoms with Crippen LogP contribution in [0.2, 0.25) is 0 Å². The van der Waals surface area contributed by atoms with Crippen molar-refractivity contribution in [2.75, 3.05) is 0 Å². The van der Waals surface area contributed by atoms with E-state index in [1.54, 1.807) is 15.8 Å². The lowest BCUT2D eigenvalue weighted by atomic mass is 9.49. The second-order valence-corrected chi connectivity index (χ2v) is 23.9. The van der Waals surface area contributed by atoms with E-state index in [2.05, 4.69) is 39.2 Å².